The highest BCUT2D eigenvalue weighted by Crippen LogP contribution is 2.33. The largest absolute Gasteiger partial charge is 0.356 e. The van der Waals surface area contributed by atoms with Gasteiger partial charge < -0.3 is 9.88 Å². The highest BCUT2D eigenvalue weighted by Gasteiger charge is 2.21. The standard InChI is InChI=1S/C30H33FN2O/c1-22(2)19-32-30(34)18-25(15-12-23-8-4-3-5-9-23)28-21-33(29-11-7-6-10-27(28)29)20-24-13-16-26(31)17-14-24/h3-11,13-14,16-17,21-22,25H,12,15,18-20H2,1-2H3,(H,32,34). The normalized spacial score (nSPS) is 12.2. The molecule has 1 aromatic heterocycles. The van der Waals surface area contributed by atoms with Gasteiger partial charge in [-0.05, 0) is 59.6 Å². The number of aromatic nitrogens is 1. The number of carbonyl (C=O) groups is 1. The second-order valence-electron chi connectivity index (χ2n) is 9.48. The van der Waals surface area contributed by atoms with Gasteiger partial charge in [0.25, 0.3) is 0 Å². The topological polar surface area (TPSA) is 34.0 Å². The first-order chi connectivity index (χ1) is 16.5. The van der Waals surface area contributed by atoms with E-state index < -0.39 is 0 Å². The van der Waals surface area contributed by atoms with Crippen molar-refractivity contribution in [3.63, 3.8) is 0 Å². The van der Waals surface area contributed by atoms with Gasteiger partial charge in [0.05, 0.1) is 0 Å². The number of rotatable bonds is 10. The minimum absolute atomic E-state index is 0.0992. The number of para-hydroxylation sites is 1. The van der Waals surface area contributed by atoms with Gasteiger partial charge in [-0.1, -0.05) is 74.5 Å². The molecule has 0 radical (unpaired) electrons. The Labute approximate surface area is 201 Å². The van der Waals surface area contributed by atoms with Crippen LogP contribution in [0.2, 0.25) is 0 Å². The van der Waals surface area contributed by atoms with Crippen molar-refractivity contribution >= 4 is 16.8 Å². The van der Waals surface area contributed by atoms with Gasteiger partial charge in [-0.25, -0.2) is 4.39 Å². The van der Waals surface area contributed by atoms with Gasteiger partial charge in [0.1, 0.15) is 5.82 Å². The third-order valence-corrected chi connectivity index (χ3v) is 6.29. The average molecular weight is 457 g/mol. The Balaban J connectivity index is 1.64. The van der Waals surface area contributed by atoms with Gasteiger partial charge >= 0.3 is 0 Å². The van der Waals surface area contributed by atoms with Crippen LogP contribution in [0, 0.1) is 11.7 Å². The Hall–Kier alpha value is -3.40. The van der Waals surface area contributed by atoms with Crippen molar-refractivity contribution in [3.8, 4) is 0 Å². The fraction of sp³-hybridized carbons (Fsp3) is 0.300. The van der Waals surface area contributed by atoms with E-state index in [1.807, 2.05) is 24.3 Å². The lowest BCUT2D eigenvalue weighted by Crippen LogP contribution is -2.28. The van der Waals surface area contributed by atoms with Gasteiger partial charge in [0, 0.05) is 36.6 Å². The summed E-state index contributed by atoms with van der Waals surface area (Å²) in [6, 6.07) is 25.5. The number of aryl methyl sites for hydroxylation is 1. The summed E-state index contributed by atoms with van der Waals surface area (Å²) in [5.41, 5.74) is 4.66. The molecule has 0 fully saturated rings. The van der Waals surface area contributed by atoms with Crippen LogP contribution in [0.25, 0.3) is 10.9 Å². The smallest absolute Gasteiger partial charge is 0.220 e. The molecule has 0 bridgehead atoms. The molecule has 4 aromatic rings. The zero-order valence-corrected chi connectivity index (χ0v) is 20.0. The molecular formula is C30H33FN2O. The summed E-state index contributed by atoms with van der Waals surface area (Å²) in [6.45, 7) is 5.56. The van der Waals surface area contributed by atoms with Crippen molar-refractivity contribution in [2.45, 2.75) is 45.6 Å². The molecule has 3 aromatic carbocycles. The van der Waals surface area contributed by atoms with E-state index in [9.17, 15) is 9.18 Å². The van der Waals surface area contributed by atoms with Crippen LogP contribution in [-0.4, -0.2) is 17.0 Å². The van der Waals surface area contributed by atoms with Crippen molar-refractivity contribution in [1.82, 2.24) is 9.88 Å². The van der Waals surface area contributed by atoms with Crippen molar-refractivity contribution < 1.29 is 9.18 Å². The third kappa shape index (κ3) is 6.13. The number of carbonyl (C=O) groups excluding carboxylic acids is 1. The summed E-state index contributed by atoms with van der Waals surface area (Å²) in [5.74, 6) is 0.397. The van der Waals surface area contributed by atoms with Crippen LogP contribution in [0.1, 0.15) is 49.3 Å². The molecule has 4 heteroatoms. The van der Waals surface area contributed by atoms with E-state index >= 15 is 0 Å². The summed E-state index contributed by atoms with van der Waals surface area (Å²) in [4.78, 5) is 12.9. The van der Waals surface area contributed by atoms with Crippen molar-refractivity contribution in [3.05, 3.63) is 108 Å². The molecule has 0 spiro atoms. The van der Waals surface area contributed by atoms with Gasteiger partial charge in [-0.15, -0.1) is 0 Å². The molecule has 1 amide bonds. The minimum Gasteiger partial charge on any atom is -0.356 e. The number of hydrogen-bond donors (Lipinski definition) is 1. The van der Waals surface area contributed by atoms with E-state index in [1.54, 1.807) is 0 Å². The summed E-state index contributed by atoms with van der Waals surface area (Å²) in [5, 5.41) is 4.28. The van der Waals surface area contributed by atoms with E-state index in [0.717, 1.165) is 23.9 Å². The fourth-order valence-corrected chi connectivity index (χ4v) is 4.48. The van der Waals surface area contributed by atoms with E-state index in [4.69, 9.17) is 0 Å². The van der Waals surface area contributed by atoms with Crippen LogP contribution in [-0.2, 0) is 17.8 Å². The molecule has 3 nitrogen and oxygen atoms in total. The van der Waals surface area contributed by atoms with Crippen molar-refractivity contribution in [2.75, 3.05) is 6.54 Å². The Morgan fingerprint density at radius 1 is 0.912 bits per heavy atom. The molecule has 1 unspecified atom stereocenters. The third-order valence-electron chi connectivity index (χ3n) is 6.29. The monoisotopic (exact) mass is 456 g/mol. The highest BCUT2D eigenvalue weighted by atomic mass is 19.1. The number of nitrogens with zero attached hydrogens (tertiary/aromatic N) is 1. The van der Waals surface area contributed by atoms with E-state index in [-0.39, 0.29) is 17.6 Å². The summed E-state index contributed by atoms with van der Waals surface area (Å²) >= 11 is 0. The van der Waals surface area contributed by atoms with E-state index in [1.165, 1.54) is 28.6 Å². The molecule has 0 saturated heterocycles. The lowest BCUT2D eigenvalue weighted by Gasteiger charge is -2.17. The molecule has 1 N–H and O–H groups in total. The first-order valence-corrected chi connectivity index (χ1v) is 12.1. The molecular weight excluding hydrogens is 423 g/mol. The maximum Gasteiger partial charge on any atom is 0.220 e. The lowest BCUT2D eigenvalue weighted by molar-refractivity contribution is -0.121. The number of hydrogen-bond acceptors (Lipinski definition) is 1. The van der Waals surface area contributed by atoms with Crippen LogP contribution < -0.4 is 5.32 Å². The Kier molecular flexibility index (Phi) is 7.79. The van der Waals surface area contributed by atoms with Crippen molar-refractivity contribution in [1.29, 1.82) is 0 Å². The molecule has 176 valence electrons. The van der Waals surface area contributed by atoms with Crippen LogP contribution >= 0.6 is 0 Å². The molecule has 1 atom stereocenters. The Morgan fingerprint density at radius 2 is 1.62 bits per heavy atom. The average Bonchev–Trinajstić information content (AvgIpc) is 3.21. The quantitative estimate of drug-likeness (QED) is 0.283. The summed E-state index contributed by atoms with van der Waals surface area (Å²) in [7, 11) is 0. The fourth-order valence-electron chi connectivity index (χ4n) is 4.48. The number of benzene rings is 3. The van der Waals surface area contributed by atoms with Gasteiger partial charge in [-0.2, -0.15) is 0 Å². The second-order valence-corrected chi connectivity index (χ2v) is 9.48. The maximum absolute atomic E-state index is 13.4. The van der Waals surface area contributed by atoms with Gasteiger partial charge in [-0.3, -0.25) is 4.79 Å². The van der Waals surface area contributed by atoms with E-state index in [0.29, 0.717) is 25.4 Å². The van der Waals surface area contributed by atoms with Crippen molar-refractivity contribution in [2.24, 2.45) is 5.92 Å². The highest BCUT2D eigenvalue weighted by molar-refractivity contribution is 5.86. The number of fused-ring (bicyclic) bond motifs is 1. The first kappa shape index (κ1) is 23.7. The molecule has 0 aliphatic heterocycles. The molecule has 4 rings (SSSR count). The molecule has 0 aliphatic rings. The lowest BCUT2D eigenvalue weighted by atomic mass is 9.89. The maximum atomic E-state index is 13.4. The SMILES string of the molecule is CC(C)CNC(=O)CC(CCc1ccccc1)c1cn(Cc2ccc(F)cc2)c2ccccc12. The van der Waals surface area contributed by atoms with Gasteiger partial charge in [0.2, 0.25) is 5.91 Å². The predicted octanol–water partition coefficient (Wildman–Crippen LogP) is 6.71. The minimum atomic E-state index is -0.227. The Bertz CT molecular complexity index is 1210. The number of amides is 1. The Morgan fingerprint density at radius 3 is 2.35 bits per heavy atom. The van der Waals surface area contributed by atoms with Crippen LogP contribution in [0.5, 0.6) is 0 Å². The van der Waals surface area contributed by atoms with Gasteiger partial charge in [0.15, 0.2) is 0 Å². The summed E-state index contributed by atoms with van der Waals surface area (Å²) < 4.78 is 15.6. The van der Waals surface area contributed by atoms with Crippen LogP contribution in [0.15, 0.2) is 85.1 Å². The number of nitrogens with one attached hydrogen (secondary N) is 1. The second kappa shape index (κ2) is 11.1. The predicted molar refractivity (Wildman–Crippen MR) is 137 cm³/mol. The molecule has 0 saturated carbocycles. The molecule has 34 heavy (non-hydrogen) atoms. The van der Waals surface area contributed by atoms with E-state index in [2.05, 4.69) is 72.4 Å². The zero-order chi connectivity index (χ0) is 23.9. The summed E-state index contributed by atoms with van der Waals surface area (Å²) in [6.07, 6.45) is 4.47. The molecule has 0 aliphatic carbocycles. The van der Waals surface area contributed by atoms with Crippen LogP contribution in [0.3, 0.4) is 0 Å². The first-order valence-electron chi connectivity index (χ1n) is 12.1. The molecule has 1 heterocycles. The zero-order valence-electron chi connectivity index (χ0n) is 20.0. The van der Waals surface area contributed by atoms with Crippen LogP contribution in [0.4, 0.5) is 4.39 Å². The number of halogens is 1.